The largest absolute Gasteiger partial charge is 0.480 e. The Labute approximate surface area is 273 Å². The first-order chi connectivity index (χ1) is 21.0. The summed E-state index contributed by atoms with van der Waals surface area (Å²) in [6.07, 6.45) is 36.6. The van der Waals surface area contributed by atoms with Crippen LogP contribution >= 0.6 is 12.6 Å². The number of nitrogens with one attached hydrogen (secondary N) is 1. The average molecular weight is 628 g/mol. The minimum atomic E-state index is -0.955. The molecule has 0 aromatic carbocycles. The SMILES string of the molecule is CCCCCCCCCCCCCCCCCC(NC(CS)C(=O)O)OC(=O)CCCCCCCCCCCCCCC. The van der Waals surface area contributed by atoms with E-state index in [9.17, 15) is 14.7 Å². The van der Waals surface area contributed by atoms with Crippen LogP contribution in [0.3, 0.4) is 0 Å². The summed E-state index contributed by atoms with van der Waals surface area (Å²) in [6.45, 7) is 4.54. The van der Waals surface area contributed by atoms with Crippen LogP contribution < -0.4 is 5.32 Å². The Balaban J connectivity index is 3.93. The van der Waals surface area contributed by atoms with Crippen molar-refractivity contribution < 1.29 is 19.4 Å². The van der Waals surface area contributed by atoms with Crippen LogP contribution in [0.4, 0.5) is 0 Å². The van der Waals surface area contributed by atoms with Gasteiger partial charge in [0.05, 0.1) is 0 Å². The number of hydrogen-bond acceptors (Lipinski definition) is 5. The van der Waals surface area contributed by atoms with Crippen LogP contribution in [0.1, 0.15) is 206 Å². The Morgan fingerprint density at radius 3 is 1.21 bits per heavy atom. The molecular formula is C37H73NO4S. The van der Waals surface area contributed by atoms with Crippen LogP contribution in [0.25, 0.3) is 0 Å². The number of unbranched alkanes of at least 4 members (excludes halogenated alkanes) is 26. The van der Waals surface area contributed by atoms with E-state index in [2.05, 4.69) is 31.8 Å². The highest BCUT2D eigenvalue weighted by atomic mass is 32.1. The number of carbonyl (C=O) groups excluding carboxylic acids is 1. The van der Waals surface area contributed by atoms with E-state index in [4.69, 9.17) is 4.74 Å². The molecule has 0 rings (SSSR count). The summed E-state index contributed by atoms with van der Waals surface area (Å²) in [6, 6.07) is -0.811. The third-order valence-corrected chi connectivity index (χ3v) is 9.06. The maximum atomic E-state index is 12.5. The topological polar surface area (TPSA) is 75.6 Å². The Morgan fingerprint density at radius 2 is 0.884 bits per heavy atom. The fraction of sp³-hybridized carbons (Fsp3) is 0.946. The Morgan fingerprint density at radius 1 is 0.558 bits per heavy atom. The minimum absolute atomic E-state index is 0.168. The lowest BCUT2D eigenvalue weighted by Gasteiger charge is -2.23. The monoisotopic (exact) mass is 628 g/mol. The van der Waals surface area contributed by atoms with Crippen molar-refractivity contribution in [1.82, 2.24) is 5.32 Å². The maximum absolute atomic E-state index is 12.5. The molecule has 0 aliphatic rings. The van der Waals surface area contributed by atoms with E-state index >= 15 is 0 Å². The summed E-state index contributed by atoms with van der Waals surface area (Å²) < 4.78 is 5.71. The molecule has 0 fully saturated rings. The fourth-order valence-corrected chi connectivity index (χ4v) is 6.07. The lowest BCUT2D eigenvalue weighted by molar-refractivity contribution is -0.154. The van der Waals surface area contributed by atoms with Crippen molar-refractivity contribution in [2.24, 2.45) is 0 Å². The molecule has 0 heterocycles. The van der Waals surface area contributed by atoms with Crippen LogP contribution in [0, 0.1) is 0 Å². The molecule has 0 amide bonds. The zero-order valence-corrected chi connectivity index (χ0v) is 29.6. The predicted molar refractivity (Wildman–Crippen MR) is 188 cm³/mol. The number of aliphatic carboxylic acids is 1. The van der Waals surface area contributed by atoms with E-state index < -0.39 is 18.2 Å². The second kappa shape index (κ2) is 34.1. The number of thiol groups is 1. The Bertz CT molecular complexity index is 603. The number of ether oxygens (including phenoxy) is 1. The minimum Gasteiger partial charge on any atom is -0.480 e. The van der Waals surface area contributed by atoms with Crippen molar-refractivity contribution in [2.75, 3.05) is 5.75 Å². The zero-order valence-electron chi connectivity index (χ0n) is 28.7. The first kappa shape index (κ1) is 42.2. The van der Waals surface area contributed by atoms with Gasteiger partial charge >= 0.3 is 11.9 Å². The molecular weight excluding hydrogens is 554 g/mol. The fourth-order valence-electron chi connectivity index (χ4n) is 5.81. The molecule has 0 aromatic rings. The van der Waals surface area contributed by atoms with Gasteiger partial charge in [0.15, 0.2) is 6.23 Å². The summed E-state index contributed by atoms with van der Waals surface area (Å²) in [7, 11) is 0. The molecule has 5 nitrogen and oxygen atoms in total. The molecule has 0 saturated carbocycles. The third-order valence-electron chi connectivity index (χ3n) is 8.70. The van der Waals surface area contributed by atoms with Crippen molar-refractivity contribution >= 4 is 24.6 Å². The highest BCUT2D eigenvalue weighted by Gasteiger charge is 2.22. The van der Waals surface area contributed by atoms with Crippen molar-refractivity contribution in [1.29, 1.82) is 0 Å². The first-order valence-electron chi connectivity index (χ1n) is 18.8. The van der Waals surface area contributed by atoms with Crippen molar-refractivity contribution in [2.45, 2.75) is 219 Å². The number of rotatable bonds is 35. The zero-order chi connectivity index (χ0) is 31.6. The summed E-state index contributed by atoms with van der Waals surface area (Å²) in [5.74, 6) is -1.00. The molecule has 0 radical (unpaired) electrons. The molecule has 2 unspecified atom stereocenters. The molecule has 43 heavy (non-hydrogen) atoms. The van der Waals surface area contributed by atoms with E-state index in [0.29, 0.717) is 12.8 Å². The van der Waals surface area contributed by atoms with E-state index in [1.54, 1.807) is 0 Å². The molecule has 0 aliphatic heterocycles. The van der Waals surface area contributed by atoms with Crippen molar-refractivity contribution in [3.63, 3.8) is 0 Å². The van der Waals surface area contributed by atoms with Gasteiger partial charge in [-0.3, -0.25) is 14.9 Å². The van der Waals surface area contributed by atoms with Crippen LogP contribution in [-0.2, 0) is 14.3 Å². The Kier molecular flexibility index (Phi) is 33.5. The quantitative estimate of drug-likeness (QED) is 0.0282. The van der Waals surface area contributed by atoms with Crippen LogP contribution in [0.15, 0.2) is 0 Å². The number of hydrogen-bond donors (Lipinski definition) is 3. The maximum Gasteiger partial charge on any atom is 0.321 e. The number of carboxylic acid groups (broad SMARTS) is 1. The lowest BCUT2D eigenvalue weighted by atomic mass is 10.0. The summed E-state index contributed by atoms with van der Waals surface area (Å²) >= 11 is 4.17. The molecule has 0 spiro atoms. The molecule has 0 aromatic heterocycles. The van der Waals surface area contributed by atoms with Gasteiger partial charge < -0.3 is 9.84 Å². The molecule has 0 bridgehead atoms. The highest BCUT2D eigenvalue weighted by Crippen LogP contribution is 2.16. The number of carbonyl (C=O) groups is 2. The van der Waals surface area contributed by atoms with Crippen molar-refractivity contribution in [3.05, 3.63) is 0 Å². The van der Waals surface area contributed by atoms with Gasteiger partial charge in [0, 0.05) is 12.2 Å². The highest BCUT2D eigenvalue weighted by molar-refractivity contribution is 7.80. The van der Waals surface area contributed by atoms with Crippen molar-refractivity contribution in [3.8, 4) is 0 Å². The lowest BCUT2D eigenvalue weighted by Crippen LogP contribution is -2.46. The van der Waals surface area contributed by atoms with Gasteiger partial charge in [0.25, 0.3) is 0 Å². The van der Waals surface area contributed by atoms with Gasteiger partial charge in [-0.05, 0) is 19.3 Å². The molecule has 256 valence electrons. The average Bonchev–Trinajstić information content (AvgIpc) is 2.99. The summed E-state index contributed by atoms with van der Waals surface area (Å²) in [5, 5.41) is 12.5. The van der Waals surface area contributed by atoms with Gasteiger partial charge in [-0.2, -0.15) is 12.6 Å². The van der Waals surface area contributed by atoms with Crippen LogP contribution in [0.5, 0.6) is 0 Å². The van der Waals surface area contributed by atoms with E-state index in [-0.39, 0.29) is 11.7 Å². The third kappa shape index (κ3) is 31.0. The number of carboxylic acids is 1. The van der Waals surface area contributed by atoms with Gasteiger partial charge in [-0.1, -0.05) is 181 Å². The van der Waals surface area contributed by atoms with Crippen LogP contribution in [-0.4, -0.2) is 35.1 Å². The molecule has 0 aliphatic carbocycles. The first-order valence-corrected chi connectivity index (χ1v) is 19.5. The van der Waals surface area contributed by atoms with E-state index in [1.165, 1.54) is 154 Å². The number of esters is 1. The van der Waals surface area contributed by atoms with Crippen LogP contribution in [0.2, 0.25) is 0 Å². The molecule has 6 heteroatoms. The van der Waals surface area contributed by atoms with E-state index in [1.807, 2.05) is 0 Å². The standard InChI is InChI=1S/C37H73NO4S/c1-3-5-7-9-11-13-15-17-18-20-21-23-25-27-29-31-35(38-34(33-43)37(40)41)42-36(39)32-30-28-26-24-22-19-16-14-12-10-8-6-4-2/h34-35,38,43H,3-33H2,1-2H3,(H,40,41). The normalized spacial score (nSPS) is 12.8. The van der Waals surface area contributed by atoms with E-state index in [0.717, 1.165) is 25.7 Å². The second-order valence-electron chi connectivity index (χ2n) is 12.9. The van der Waals surface area contributed by atoms with Gasteiger partial charge in [-0.15, -0.1) is 0 Å². The van der Waals surface area contributed by atoms with Gasteiger partial charge in [0.2, 0.25) is 0 Å². The van der Waals surface area contributed by atoms with Gasteiger partial charge in [0.1, 0.15) is 6.04 Å². The summed E-state index contributed by atoms with van der Waals surface area (Å²) in [4.78, 5) is 24.0. The second-order valence-corrected chi connectivity index (χ2v) is 13.3. The van der Waals surface area contributed by atoms with Gasteiger partial charge in [-0.25, -0.2) is 0 Å². The smallest absolute Gasteiger partial charge is 0.321 e. The molecule has 2 N–H and O–H groups in total. The molecule has 2 atom stereocenters. The summed E-state index contributed by atoms with van der Waals surface area (Å²) in [5.41, 5.74) is 0. The predicted octanol–water partition coefficient (Wildman–Crippen LogP) is 11.6. The Hall–Kier alpha value is -0.750. The molecule has 0 saturated heterocycles.